The van der Waals surface area contributed by atoms with Gasteiger partial charge in [-0.1, -0.05) is 59.6 Å². The van der Waals surface area contributed by atoms with Crippen molar-refractivity contribution < 1.29 is 4.79 Å². The SMILES string of the molecule is CC(NC(=O)C1CCCN(Cc2c(Cl)cccc2Cl)C1)c1ccccc1. The van der Waals surface area contributed by atoms with Gasteiger partial charge in [-0.2, -0.15) is 0 Å². The molecular weight excluding hydrogens is 367 g/mol. The lowest BCUT2D eigenvalue weighted by molar-refractivity contribution is -0.127. The molecule has 1 heterocycles. The summed E-state index contributed by atoms with van der Waals surface area (Å²) in [5.41, 5.74) is 2.06. The Hall–Kier alpha value is -1.55. The van der Waals surface area contributed by atoms with E-state index >= 15 is 0 Å². The maximum absolute atomic E-state index is 12.7. The van der Waals surface area contributed by atoms with Gasteiger partial charge in [0.1, 0.15) is 0 Å². The summed E-state index contributed by atoms with van der Waals surface area (Å²) in [7, 11) is 0. The highest BCUT2D eigenvalue weighted by molar-refractivity contribution is 6.35. The molecule has 5 heteroatoms. The topological polar surface area (TPSA) is 32.3 Å². The summed E-state index contributed by atoms with van der Waals surface area (Å²) in [6, 6.07) is 15.6. The molecule has 1 amide bonds. The Bertz CT molecular complexity index is 731. The van der Waals surface area contributed by atoms with Gasteiger partial charge in [0.2, 0.25) is 5.91 Å². The zero-order valence-corrected chi connectivity index (χ0v) is 16.4. The first-order valence-electron chi connectivity index (χ1n) is 9.05. The lowest BCUT2D eigenvalue weighted by atomic mass is 9.96. The van der Waals surface area contributed by atoms with E-state index in [1.807, 2.05) is 55.5 Å². The predicted molar refractivity (Wildman–Crippen MR) is 107 cm³/mol. The molecule has 0 radical (unpaired) electrons. The minimum absolute atomic E-state index is 0.00354. The Balaban J connectivity index is 1.60. The van der Waals surface area contributed by atoms with Gasteiger partial charge in [0.15, 0.2) is 0 Å². The van der Waals surface area contributed by atoms with Gasteiger partial charge < -0.3 is 5.32 Å². The standard InChI is InChI=1S/C21H24Cl2N2O/c1-15(16-7-3-2-4-8-16)24-21(26)17-9-6-12-25(13-17)14-18-19(22)10-5-11-20(18)23/h2-5,7-8,10-11,15,17H,6,9,12-14H2,1H3,(H,24,26). The normalized spacial score (nSPS) is 19.1. The third-order valence-corrected chi connectivity index (χ3v) is 5.69. The maximum atomic E-state index is 12.7. The number of hydrogen-bond acceptors (Lipinski definition) is 2. The van der Waals surface area contributed by atoms with E-state index < -0.39 is 0 Å². The van der Waals surface area contributed by atoms with Crippen LogP contribution in [0.3, 0.4) is 0 Å². The van der Waals surface area contributed by atoms with Crippen molar-refractivity contribution in [2.75, 3.05) is 13.1 Å². The van der Waals surface area contributed by atoms with Gasteiger partial charge in [0.05, 0.1) is 12.0 Å². The first-order chi connectivity index (χ1) is 12.5. The van der Waals surface area contributed by atoms with E-state index in [-0.39, 0.29) is 17.9 Å². The Morgan fingerprint density at radius 1 is 1.15 bits per heavy atom. The van der Waals surface area contributed by atoms with Gasteiger partial charge in [-0.15, -0.1) is 0 Å². The summed E-state index contributed by atoms with van der Waals surface area (Å²) >= 11 is 12.6. The molecule has 1 N–H and O–H groups in total. The van der Waals surface area contributed by atoms with Crippen LogP contribution in [-0.2, 0) is 11.3 Å². The Morgan fingerprint density at radius 3 is 2.54 bits per heavy atom. The lowest BCUT2D eigenvalue weighted by Crippen LogP contribution is -2.43. The van der Waals surface area contributed by atoms with Crippen molar-refractivity contribution in [2.45, 2.75) is 32.4 Å². The number of piperidine rings is 1. The Kier molecular flexibility index (Phi) is 6.58. The zero-order valence-electron chi connectivity index (χ0n) is 14.9. The predicted octanol–water partition coefficient (Wildman–Crippen LogP) is 5.08. The van der Waals surface area contributed by atoms with Crippen molar-refractivity contribution >= 4 is 29.1 Å². The van der Waals surface area contributed by atoms with Gasteiger partial charge in [0, 0.05) is 28.7 Å². The van der Waals surface area contributed by atoms with Gasteiger partial charge in [-0.25, -0.2) is 0 Å². The molecule has 0 aromatic heterocycles. The summed E-state index contributed by atoms with van der Waals surface area (Å²) in [6.45, 7) is 4.39. The number of likely N-dealkylation sites (tertiary alicyclic amines) is 1. The number of benzene rings is 2. The third-order valence-electron chi connectivity index (χ3n) is 4.98. The molecule has 138 valence electrons. The molecule has 3 rings (SSSR count). The van der Waals surface area contributed by atoms with Crippen LogP contribution in [0.1, 0.15) is 36.9 Å². The molecular formula is C21H24Cl2N2O. The Labute approximate surface area is 165 Å². The van der Waals surface area contributed by atoms with E-state index in [1.165, 1.54) is 0 Å². The molecule has 2 atom stereocenters. The van der Waals surface area contributed by atoms with Crippen LogP contribution < -0.4 is 5.32 Å². The molecule has 1 aliphatic rings. The van der Waals surface area contributed by atoms with E-state index in [1.54, 1.807) is 0 Å². The monoisotopic (exact) mass is 390 g/mol. The molecule has 2 unspecified atom stereocenters. The quantitative estimate of drug-likeness (QED) is 0.771. The van der Waals surface area contributed by atoms with Crippen LogP contribution in [-0.4, -0.2) is 23.9 Å². The van der Waals surface area contributed by atoms with Crippen LogP contribution in [0, 0.1) is 5.92 Å². The third kappa shape index (κ3) is 4.79. The highest BCUT2D eigenvalue weighted by Gasteiger charge is 2.27. The number of halogens is 2. The van der Waals surface area contributed by atoms with Crippen molar-refractivity contribution in [3.05, 3.63) is 69.7 Å². The van der Waals surface area contributed by atoms with E-state index in [4.69, 9.17) is 23.2 Å². The Morgan fingerprint density at radius 2 is 1.85 bits per heavy atom. The molecule has 3 nitrogen and oxygen atoms in total. The number of carbonyl (C=O) groups excluding carboxylic acids is 1. The highest BCUT2D eigenvalue weighted by atomic mass is 35.5. The molecule has 1 saturated heterocycles. The summed E-state index contributed by atoms with van der Waals surface area (Å²) < 4.78 is 0. The molecule has 26 heavy (non-hydrogen) atoms. The largest absolute Gasteiger partial charge is 0.349 e. The molecule has 1 fully saturated rings. The van der Waals surface area contributed by atoms with E-state index in [0.29, 0.717) is 16.6 Å². The minimum atomic E-state index is -0.00354. The number of nitrogens with zero attached hydrogens (tertiary/aromatic N) is 1. The van der Waals surface area contributed by atoms with Crippen LogP contribution >= 0.6 is 23.2 Å². The highest BCUT2D eigenvalue weighted by Crippen LogP contribution is 2.28. The van der Waals surface area contributed by atoms with Crippen molar-refractivity contribution in [1.29, 1.82) is 0 Å². The minimum Gasteiger partial charge on any atom is -0.349 e. The van der Waals surface area contributed by atoms with E-state index in [2.05, 4.69) is 10.2 Å². The number of amides is 1. The maximum Gasteiger partial charge on any atom is 0.224 e. The van der Waals surface area contributed by atoms with Crippen molar-refractivity contribution in [3.8, 4) is 0 Å². The summed E-state index contributed by atoms with van der Waals surface area (Å²) in [5.74, 6) is 0.118. The van der Waals surface area contributed by atoms with Crippen molar-refractivity contribution in [3.63, 3.8) is 0 Å². The molecule has 0 saturated carbocycles. The average Bonchev–Trinajstić information content (AvgIpc) is 2.66. The average molecular weight is 391 g/mol. The number of rotatable bonds is 5. The first kappa shape index (κ1) is 19.2. The van der Waals surface area contributed by atoms with Gasteiger partial charge in [0.25, 0.3) is 0 Å². The van der Waals surface area contributed by atoms with E-state index in [0.717, 1.165) is 37.1 Å². The summed E-state index contributed by atoms with van der Waals surface area (Å²) in [4.78, 5) is 15.0. The smallest absolute Gasteiger partial charge is 0.224 e. The fourth-order valence-electron chi connectivity index (χ4n) is 3.48. The number of hydrogen-bond donors (Lipinski definition) is 1. The molecule has 1 aliphatic heterocycles. The van der Waals surface area contributed by atoms with Crippen LogP contribution in [0.4, 0.5) is 0 Å². The first-order valence-corrected chi connectivity index (χ1v) is 9.80. The van der Waals surface area contributed by atoms with Crippen LogP contribution in [0.2, 0.25) is 10.0 Å². The van der Waals surface area contributed by atoms with Crippen molar-refractivity contribution in [2.24, 2.45) is 5.92 Å². The van der Waals surface area contributed by atoms with Gasteiger partial charge >= 0.3 is 0 Å². The summed E-state index contributed by atoms with van der Waals surface area (Å²) in [5, 5.41) is 4.52. The molecule has 2 aromatic rings. The summed E-state index contributed by atoms with van der Waals surface area (Å²) in [6.07, 6.45) is 1.92. The van der Waals surface area contributed by atoms with Gasteiger partial charge in [-0.3, -0.25) is 9.69 Å². The van der Waals surface area contributed by atoms with Crippen LogP contribution in [0.5, 0.6) is 0 Å². The van der Waals surface area contributed by atoms with Crippen LogP contribution in [0.15, 0.2) is 48.5 Å². The van der Waals surface area contributed by atoms with Gasteiger partial charge in [-0.05, 0) is 44.0 Å². The number of nitrogens with one attached hydrogen (secondary N) is 1. The molecule has 0 aliphatic carbocycles. The van der Waals surface area contributed by atoms with E-state index in [9.17, 15) is 4.79 Å². The van der Waals surface area contributed by atoms with Crippen molar-refractivity contribution in [1.82, 2.24) is 10.2 Å². The zero-order chi connectivity index (χ0) is 18.5. The molecule has 2 aromatic carbocycles. The fourth-order valence-corrected chi connectivity index (χ4v) is 3.99. The second kappa shape index (κ2) is 8.90. The van der Waals surface area contributed by atoms with Crippen LogP contribution in [0.25, 0.3) is 0 Å². The molecule has 0 spiro atoms. The lowest BCUT2D eigenvalue weighted by Gasteiger charge is -2.33. The second-order valence-electron chi connectivity index (χ2n) is 6.92. The number of carbonyl (C=O) groups is 1. The molecule has 0 bridgehead atoms. The second-order valence-corrected chi connectivity index (χ2v) is 7.73. The fraction of sp³-hybridized carbons (Fsp3) is 0.381.